The molecule has 3 aliphatic heterocycles. The van der Waals surface area contributed by atoms with Crippen molar-refractivity contribution in [2.75, 3.05) is 26.4 Å². The largest absolute Gasteiger partial charge is 0.504 e. The Bertz CT molecular complexity index is 2180. The summed E-state index contributed by atoms with van der Waals surface area (Å²) in [5.74, 6) is -4.75. The van der Waals surface area contributed by atoms with Gasteiger partial charge in [0.05, 0.1) is 19.8 Å². The van der Waals surface area contributed by atoms with Crippen LogP contribution in [0.5, 0.6) is 34.5 Å². The minimum atomic E-state index is -2.11. The van der Waals surface area contributed by atoms with Crippen molar-refractivity contribution in [3.63, 3.8) is 0 Å². The molecule has 66 heavy (non-hydrogen) atoms. The van der Waals surface area contributed by atoms with Crippen molar-refractivity contribution in [1.82, 2.24) is 0 Å². The monoisotopic (exact) mass is 934 g/mol. The fourth-order valence-electron chi connectivity index (χ4n) is 7.00. The van der Waals surface area contributed by atoms with Crippen LogP contribution in [0.2, 0.25) is 0 Å². The van der Waals surface area contributed by atoms with Crippen LogP contribution in [0.25, 0.3) is 12.2 Å². The first-order chi connectivity index (χ1) is 31.4. The summed E-state index contributed by atoms with van der Waals surface area (Å²) in [5, 5.41) is 134. The first kappa shape index (κ1) is 49.8. The van der Waals surface area contributed by atoms with Crippen molar-refractivity contribution in [3.8, 4) is 34.5 Å². The van der Waals surface area contributed by atoms with E-state index in [0.717, 1.165) is 30.4 Å². The molecule has 0 saturated carbocycles. The molecule has 3 aliphatic rings. The maximum Gasteiger partial charge on any atom is 0.331 e. The molecule has 0 radical (unpaired) electrons. The summed E-state index contributed by atoms with van der Waals surface area (Å²) in [6.45, 7) is -2.51. The van der Waals surface area contributed by atoms with Gasteiger partial charge in [0.2, 0.25) is 0 Å². The molecule has 0 spiro atoms. The van der Waals surface area contributed by atoms with Crippen LogP contribution in [0, 0.1) is 0 Å². The van der Waals surface area contributed by atoms with Crippen LogP contribution in [-0.4, -0.2) is 191 Å². The Kier molecular flexibility index (Phi) is 16.8. The Morgan fingerprint density at radius 3 is 1.76 bits per heavy atom. The minimum Gasteiger partial charge on any atom is -0.504 e. The Labute approximate surface area is 374 Å². The van der Waals surface area contributed by atoms with Crippen LogP contribution in [0.3, 0.4) is 0 Å². The molecule has 0 amide bonds. The predicted octanol–water partition coefficient (Wildman–Crippen LogP) is -1.90. The van der Waals surface area contributed by atoms with Crippen LogP contribution >= 0.6 is 0 Å². The number of aliphatic hydroxyl groups is 7. The maximum absolute atomic E-state index is 13.5. The third-order valence-corrected chi connectivity index (χ3v) is 10.7. The van der Waals surface area contributed by atoms with Gasteiger partial charge in [0.25, 0.3) is 0 Å². The molecule has 13 N–H and O–H groups in total. The van der Waals surface area contributed by atoms with Crippen molar-refractivity contribution in [2.24, 2.45) is 0 Å². The summed E-state index contributed by atoms with van der Waals surface area (Å²) in [5.41, 5.74) is 0.978. The average molecular weight is 935 g/mol. The maximum atomic E-state index is 13.5. The van der Waals surface area contributed by atoms with E-state index in [1.807, 2.05) is 0 Å². The number of esters is 2. The standard InChI is InChI=1S/C43H50O23/c44-16-29-38(64-32(53)10-5-20-2-7-23(46)26(49)14-20)39(65-42-37(58)35(56)34(55)30(63-42)18-60-31(52)9-4-19-1-6-22(45)25(48)13-19)40(66-41-36(57)33(54)28(51)17-61-41)43(62-29)59-12-11-21-3-8-24(47)27(50)15-21/h1-10,13-15,28-30,33-51,54-58H,11-12,16-18H2/b9-4+,10-5+/t28-,29+,30+,33-,34+,35-,36+,37+,38+,39-,40+,41-,42-,43+/m0/s1. The summed E-state index contributed by atoms with van der Waals surface area (Å²) >= 11 is 0. The first-order valence-electron chi connectivity index (χ1n) is 20.3. The number of aliphatic hydroxyl groups excluding tert-OH is 7. The number of phenols is 6. The van der Waals surface area contributed by atoms with E-state index in [9.17, 15) is 76.0 Å². The number of hydrogen-bond acceptors (Lipinski definition) is 23. The van der Waals surface area contributed by atoms with Gasteiger partial charge in [0, 0.05) is 12.2 Å². The Morgan fingerprint density at radius 1 is 0.591 bits per heavy atom. The SMILES string of the molecule is O=C(/C=C/c1ccc(O)c(O)c1)OC[C@H]1O[C@@H](O[C@@H]2[C@@H](O[C@@H]3OC[C@H](O)[C@H](O)[C@H]3O)[C@H](OCCc3ccc(O)c(O)c3)O[C@H](CO)[C@H]2OC(=O)/C=C/c2ccc(O)c(O)c2)[C@H](O)[C@@H](O)[C@@H]1O. The lowest BCUT2D eigenvalue weighted by Gasteiger charge is -2.49. The van der Waals surface area contributed by atoms with E-state index in [-0.39, 0.29) is 24.3 Å². The number of aromatic hydroxyl groups is 6. The molecular weight excluding hydrogens is 884 g/mol. The highest BCUT2D eigenvalue weighted by Gasteiger charge is 2.55. The zero-order valence-corrected chi connectivity index (χ0v) is 34.5. The lowest BCUT2D eigenvalue weighted by molar-refractivity contribution is -0.386. The van der Waals surface area contributed by atoms with E-state index < -0.39 is 147 Å². The number of phenolic OH excluding ortho intramolecular Hbond substituents is 6. The lowest BCUT2D eigenvalue weighted by atomic mass is 9.96. The fourth-order valence-corrected chi connectivity index (χ4v) is 7.00. The summed E-state index contributed by atoms with van der Waals surface area (Å²) in [6.07, 6.45) is -21.3. The van der Waals surface area contributed by atoms with E-state index in [2.05, 4.69) is 0 Å². The van der Waals surface area contributed by atoms with Crippen molar-refractivity contribution < 1.29 is 114 Å². The molecule has 0 aromatic heterocycles. The van der Waals surface area contributed by atoms with Gasteiger partial charge < -0.3 is 104 Å². The van der Waals surface area contributed by atoms with E-state index in [1.54, 1.807) is 0 Å². The second kappa shape index (κ2) is 22.2. The van der Waals surface area contributed by atoms with Crippen LogP contribution in [0.15, 0.2) is 66.7 Å². The molecule has 3 fully saturated rings. The van der Waals surface area contributed by atoms with E-state index in [4.69, 9.17) is 37.9 Å². The molecule has 3 aromatic carbocycles. The Balaban J connectivity index is 1.30. The first-order valence-corrected chi connectivity index (χ1v) is 20.3. The second-order valence-electron chi connectivity index (χ2n) is 15.3. The molecular formula is C43H50O23. The highest BCUT2D eigenvalue weighted by molar-refractivity contribution is 5.88. The van der Waals surface area contributed by atoms with Gasteiger partial charge in [0.1, 0.15) is 67.6 Å². The number of ether oxygens (including phenoxy) is 8. The van der Waals surface area contributed by atoms with Gasteiger partial charge in [-0.2, -0.15) is 0 Å². The van der Waals surface area contributed by atoms with E-state index in [0.29, 0.717) is 11.1 Å². The summed E-state index contributed by atoms with van der Waals surface area (Å²) in [7, 11) is 0. The predicted molar refractivity (Wildman–Crippen MR) is 218 cm³/mol. The number of rotatable bonds is 16. The fraction of sp³-hybridized carbons (Fsp3) is 0.442. The average Bonchev–Trinajstić information content (AvgIpc) is 3.29. The van der Waals surface area contributed by atoms with E-state index in [1.165, 1.54) is 48.6 Å². The third-order valence-electron chi connectivity index (χ3n) is 10.7. The quantitative estimate of drug-likeness (QED) is 0.0424. The lowest BCUT2D eigenvalue weighted by Crippen LogP contribution is -2.67. The zero-order valence-electron chi connectivity index (χ0n) is 34.5. The van der Waals surface area contributed by atoms with Gasteiger partial charge in [0.15, 0.2) is 59.5 Å². The van der Waals surface area contributed by atoms with Crippen molar-refractivity contribution in [3.05, 3.63) is 83.4 Å². The molecule has 0 aliphatic carbocycles. The van der Waals surface area contributed by atoms with Gasteiger partial charge in [-0.15, -0.1) is 0 Å². The molecule has 14 atom stereocenters. The van der Waals surface area contributed by atoms with Crippen LogP contribution in [0.4, 0.5) is 0 Å². The topological polar surface area (TPSA) is 371 Å². The minimum absolute atomic E-state index is 0.0424. The van der Waals surface area contributed by atoms with Gasteiger partial charge in [-0.25, -0.2) is 9.59 Å². The van der Waals surface area contributed by atoms with E-state index >= 15 is 0 Å². The zero-order chi connectivity index (χ0) is 47.8. The van der Waals surface area contributed by atoms with Gasteiger partial charge in [-0.1, -0.05) is 18.2 Å². The molecule has 0 unspecified atom stereocenters. The summed E-state index contributed by atoms with van der Waals surface area (Å²) in [6, 6.07) is 11.3. The second-order valence-corrected chi connectivity index (χ2v) is 15.3. The summed E-state index contributed by atoms with van der Waals surface area (Å²) < 4.78 is 46.6. The van der Waals surface area contributed by atoms with Crippen molar-refractivity contribution >= 4 is 24.1 Å². The number of carbonyl (C=O) groups is 2. The van der Waals surface area contributed by atoms with Crippen LogP contribution < -0.4 is 0 Å². The molecule has 0 bridgehead atoms. The molecule has 360 valence electrons. The molecule has 23 nitrogen and oxygen atoms in total. The number of carbonyl (C=O) groups excluding carboxylic acids is 2. The number of hydrogen-bond donors (Lipinski definition) is 13. The van der Waals surface area contributed by atoms with Gasteiger partial charge in [-0.3, -0.25) is 0 Å². The van der Waals surface area contributed by atoms with Gasteiger partial charge >= 0.3 is 11.9 Å². The normalized spacial score (nSPS) is 31.5. The van der Waals surface area contributed by atoms with Crippen molar-refractivity contribution in [1.29, 1.82) is 0 Å². The number of benzene rings is 3. The smallest absolute Gasteiger partial charge is 0.331 e. The molecule has 3 saturated heterocycles. The van der Waals surface area contributed by atoms with Gasteiger partial charge in [-0.05, 0) is 71.7 Å². The Morgan fingerprint density at radius 2 is 1.15 bits per heavy atom. The molecule has 23 heteroatoms. The van der Waals surface area contributed by atoms with Crippen molar-refractivity contribution in [2.45, 2.75) is 92.4 Å². The third kappa shape index (κ3) is 12.2. The highest BCUT2D eigenvalue weighted by atomic mass is 16.8. The molecule has 6 rings (SSSR count). The highest BCUT2D eigenvalue weighted by Crippen LogP contribution is 2.36. The molecule has 3 aromatic rings. The molecule has 3 heterocycles. The van der Waals surface area contributed by atoms with Crippen LogP contribution in [-0.2, 0) is 53.9 Å². The van der Waals surface area contributed by atoms with Crippen LogP contribution in [0.1, 0.15) is 16.7 Å². The summed E-state index contributed by atoms with van der Waals surface area (Å²) in [4.78, 5) is 26.1. The Hall–Kier alpha value is -5.64.